The van der Waals surface area contributed by atoms with Crippen LogP contribution in [0, 0.1) is 0 Å². The van der Waals surface area contributed by atoms with E-state index in [1.54, 1.807) is 6.33 Å². The number of aromatic nitrogens is 3. The molecule has 0 bridgehead atoms. The van der Waals surface area contributed by atoms with Crippen molar-refractivity contribution in [1.29, 1.82) is 0 Å². The zero-order valence-corrected chi connectivity index (χ0v) is 15.1. The summed E-state index contributed by atoms with van der Waals surface area (Å²) in [5.41, 5.74) is 3.90. The number of benzene rings is 2. The lowest BCUT2D eigenvalue weighted by Crippen LogP contribution is -2.28. The zero-order chi connectivity index (χ0) is 16.5. The van der Waals surface area contributed by atoms with E-state index in [4.69, 9.17) is 0 Å². The third kappa shape index (κ3) is 2.84. The monoisotopic (exact) mass is 382 g/mol. The van der Waals surface area contributed by atoms with Crippen molar-refractivity contribution in [3.05, 3.63) is 76.0 Å². The Morgan fingerprint density at radius 1 is 1.08 bits per heavy atom. The molecule has 122 valence electrons. The summed E-state index contributed by atoms with van der Waals surface area (Å²) in [5, 5.41) is 7.94. The average Bonchev–Trinajstić information content (AvgIpc) is 3.10. The smallest absolute Gasteiger partial charge is 0.222 e. The molecular weight excluding hydrogens is 364 g/mol. The Labute approximate surface area is 150 Å². The first-order chi connectivity index (χ1) is 11.7. The number of nitrogens with one attached hydrogen (secondary N) is 1. The van der Waals surface area contributed by atoms with Crippen molar-refractivity contribution >= 4 is 21.9 Å². The van der Waals surface area contributed by atoms with Crippen LogP contribution >= 0.6 is 15.9 Å². The molecule has 2 atom stereocenters. The van der Waals surface area contributed by atoms with Crippen LogP contribution in [-0.2, 0) is 6.42 Å². The number of aryl methyl sites for hydroxylation is 1. The van der Waals surface area contributed by atoms with E-state index in [2.05, 4.69) is 86.8 Å². The highest BCUT2D eigenvalue weighted by atomic mass is 79.9. The lowest BCUT2D eigenvalue weighted by Gasteiger charge is -2.32. The minimum absolute atomic E-state index is 0.198. The molecule has 4 rings (SSSR count). The first-order valence-electron chi connectivity index (χ1n) is 8.25. The molecule has 1 aliphatic rings. The Kier molecular flexibility index (Phi) is 4.10. The second-order valence-electron chi connectivity index (χ2n) is 6.12. The molecule has 0 saturated heterocycles. The van der Waals surface area contributed by atoms with E-state index < -0.39 is 0 Å². The lowest BCUT2D eigenvalue weighted by molar-refractivity contribution is 0.431. The Morgan fingerprint density at radius 2 is 1.79 bits per heavy atom. The van der Waals surface area contributed by atoms with Gasteiger partial charge in [-0.1, -0.05) is 59.3 Å². The van der Waals surface area contributed by atoms with Crippen molar-refractivity contribution in [3.63, 3.8) is 0 Å². The fourth-order valence-electron chi connectivity index (χ4n) is 3.29. The molecular formula is C19H19BrN4. The molecule has 1 aliphatic heterocycles. The Morgan fingerprint density at radius 3 is 2.50 bits per heavy atom. The number of rotatable bonds is 3. The maximum absolute atomic E-state index is 4.43. The summed E-state index contributed by atoms with van der Waals surface area (Å²) in [4.78, 5) is 4.39. The summed E-state index contributed by atoms with van der Waals surface area (Å²) in [6.45, 7) is 2.18. The van der Waals surface area contributed by atoms with Gasteiger partial charge < -0.3 is 5.32 Å². The van der Waals surface area contributed by atoms with E-state index >= 15 is 0 Å². The van der Waals surface area contributed by atoms with Gasteiger partial charge >= 0.3 is 0 Å². The molecule has 5 heteroatoms. The van der Waals surface area contributed by atoms with E-state index in [1.165, 1.54) is 16.7 Å². The molecule has 1 aromatic heterocycles. The van der Waals surface area contributed by atoms with Crippen LogP contribution < -0.4 is 5.32 Å². The van der Waals surface area contributed by atoms with Crippen LogP contribution in [0.5, 0.6) is 0 Å². The molecule has 0 fully saturated rings. The number of fused-ring (bicyclic) bond motifs is 1. The molecule has 3 aromatic rings. The normalized spacial score (nSPS) is 19.6. The predicted octanol–water partition coefficient (Wildman–Crippen LogP) is 4.75. The molecule has 0 aliphatic carbocycles. The summed E-state index contributed by atoms with van der Waals surface area (Å²) in [6, 6.07) is 17.8. The number of anilines is 1. The van der Waals surface area contributed by atoms with Gasteiger partial charge in [0.2, 0.25) is 5.95 Å². The predicted molar refractivity (Wildman–Crippen MR) is 99.1 cm³/mol. The summed E-state index contributed by atoms with van der Waals surface area (Å²) < 4.78 is 3.09. The summed E-state index contributed by atoms with van der Waals surface area (Å²) in [5.74, 6) is 0.832. The summed E-state index contributed by atoms with van der Waals surface area (Å²) >= 11 is 3.50. The van der Waals surface area contributed by atoms with Crippen molar-refractivity contribution in [2.24, 2.45) is 0 Å². The molecule has 0 saturated carbocycles. The van der Waals surface area contributed by atoms with Gasteiger partial charge in [-0.2, -0.15) is 10.1 Å². The Hall–Kier alpha value is -2.14. The van der Waals surface area contributed by atoms with Gasteiger partial charge in [-0.3, -0.25) is 0 Å². The van der Waals surface area contributed by atoms with Gasteiger partial charge in [-0.15, -0.1) is 0 Å². The second kappa shape index (κ2) is 6.40. The molecule has 0 spiro atoms. The SMILES string of the molecule is CCc1ccc([C@H]2C[C@H](c3ccc(Br)cc3)Nc3ncnn32)cc1. The van der Waals surface area contributed by atoms with Crippen molar-refractivity contribution in [2.75, 3.05) is 5.32 Å². The van der Waals surface area contributed by atoms with Crippen LogP contribution in [0.15, 0.2) is 59.3 Å². The van der Waals surface area contributed by atoms with Crippen molar-refractivity contribution < 1.29 is 0 Å². The molecule has 2 aromatic carbocycles. The molecule has 2 heterocycles. The Balaban J connectivity index is 1.69. The highest BCUT2D eigenvalue weighted by Gasteiger charge is 2.29. The molecule has 0 unspecified atom stereocenters. The molecule has 1 N–H and O–H groups in total. The minimum Gasteiger partial charge on any atom is -0.348 e. The third-order valence-electron chi connectivity index (χ3n) is 4.68. The number of hydrogen-bond acceptors (Lipinski definition) is 3. The number of hydrogen-bond donors (Lipinski definition) is 1. The highest BCUT2D eigenvalue weighted by Crippen LogP contribution is 2.37. The van der Waals surface area contributed by atoms with Crippen LogP contribution in [-0.4, -0.2) is 14.8 Å². The van der Waals surface area contributed by atoms with Crippen molar-refractivity contribution in [3.8, 4) is 0 Å². The molecule has 4 nitrogen and oxygen atoms in total. The average molecular weight is 383 g/mol. The van der Waals surface area contributed by atoms with E-state index in [9.17, 15) is 0 Å². The van der Waals surface area contributed by atoms with Crippen LogP contribution in [0.2, 0.25) is 0 Å². The van der Waals surface area contributed by atoms with E-state index in [0.29, 0.717) is 0 Å². The van der Waals surface area contributed by atoms with Crippen LogP contribution in [0.4, 0.5) is 5.95 Å². The van der Waals surface area contributed by atoms with Gasteiger partial charge in [0.1, 0.15) is 6.33 Å². The standard InChI is InChI=1S/C19H19BrN4/c1-2-13-3-5-15(6-4-13)18-11-17(14-7-9-16(20)10-8-14)23-19-21-12-22-24(18)19/h3-10,12,17-18H,2,11H2,1H3,(H,21,22,23)/t17-,18-/m1/s1. The topological polar surface area (TPSA) is 42.7 Å². The second-order valence-corrected chi connectivity index (χ2v) is 7.04. The van der Waals surface area contributed by atoms with Gasteiger partial charge in [-0.05, 0) is 41.7 Å². The third-order valence-corrected chi connectivity index (χ3v) is 5.20. The first-order valence-corrected chi connectivity index (χ1v) is 9.04. The van der Waals surface area contributed by atoms with Gasteiger partial charge in [0.05, 0.1) is 12.1 Å². The first kappa shape index (κ1) is 15.4. The summed E-state index contributed by atoms with van der Waals surface area (Å²) in [6.07, 6.45) is 3.63. The number of nitrogens with zero attached hydrogens (tertiary/aromatic N) is 3. The van der Waals surface area contributed by atoms with E-state index in [0.717, 1.165) is 23.3 Å². The molecule has 24 heavy (non-hydrogen) atoms. The van der Waals surface area contributed by atoms with Crippen LogP contribution in [0.25, 0.3) is 0 Å². The minimum atomic E-state index is 0.198. The number of halogens is 1. The fraction of sp³-hybridized carbons (Fsp3) is 0.263. The van der Waals surface area contributed by atoms with Crippen LogP contribution in [0.1, 0.15) is 42.1 Å². The van der Waals surface area contributed by atoms with Crippen molar-refractivity contribution in [2.45, 2.75) is 31.8 Å². The van der Waals surface area contributed by atoms with Gasteiger partial charge in [-0.25, -0.2) is 4.68 Å². The largest absolute Gasteiger partial charge is 0.348 e. The van der Waals surface area contributed by atoms with Gasteiger partial charge in [0.15, 0.2) is 0 Å². The van der Waals surface area contributed by atoms with E-state index in [1.807, 2.05) is 4.68 Å². The molecule has 0 radical (unpaired) electrons. The molecule has 0 amide bonds. The Bertz CT molecular complexity index is 823. The quantitative estimate of drug-likeness (QED) is 0.710. The van der Waals surface area contributed by atoms with E-state index in [-0.39, 0.29) is 12.1 Å². The maximum atomic E-state index is 4.43. The van der Waals surface area contributed by atoms with Gasteiger partial charge in [0, 0.05) is 4.47 Å². The lowest BCUT2D eigenvalue weighted by atomic mass is 9.93. The zero-order valence-electron chi connectivity index (χ0n) is 13.5. The van der Waals surface area contributed by atoms with Crippen molar-refractivity contribution in [1.82, 2.24) is 14.8 Å². The van der Waals surface area contributed by atoms with Gasteiger partial charge in [0.25, 0.3) is 0 Å². The summed E-state index contributed by atoms with van der Waals surface area (Å²) in [7, 11) is 0. The fourth-order valence-corrected chi connectivity index (χ4v) is 3.55. The maximum Gasteiger partial charge on any atom is 0.222 e. The van der Waals surface area contributed by atoms with Crippen LogP contribution in [0.3, 0.4) is 0 Å². The highest BCUT2D eigenvalue weighted by molar-refractivity contribution is 9.10.